The third kappa shape index (κ3) is 738. The quantitative estimate of drug-likeness (QED) is 0.212. The van der Waals surface area contributed by atoms with Gasteiger partial charge in [0, 0.05) is 74.3 Å². The molecule has 0 spiro atoms. The number of rotatable bonds is 0. The maximum atomic E-state index is 0. The summed E-state index contributed by atoms with van der Waals surface area (Å²) in [5, 5.41) is 0. The largest absolute Gasteiger partial charge is 1.00 e. The second kappa shape index (κ2) is 849. The Bertz CT molecular complexity index is 20.0. The van der Waals surface area contributed by atoms with Crippen molar-refractivity contribution in [2.75, 3.05) is 0 Å². The number of halogens is 10. The van der Waals surface area contributed by atoms with Crippen molar-refractivity contribution in [1.82, 2.24) is 0 Å². The first-order valence-corrected chi connectivity index (χ1v) is 0. The maximum Gasteiger partial charge on any atom is 0.0467 e. The van der Waals surface area contributed by atoms with Crippen LogP contribution in [0.4, 0.5) is 0 Å². The van der Waals surface area contributed by atoms with Crippen LogP contribution in [-0.4, -0.2) is 0 Å². The highest BCUT2D eigenvalue weighted by atomic mass is 79.9. The monoisotopic (exact) mass is 939 g/mol. The van der Waals surface area contributed by atoms with Crippen LogP contribution in [0.25, 0.3) is 0 Å². The van der Waals surface area contributed by atoms with Crippen LogP contribution in [0, 0.1) is 74.3 Å². The fourth-order valence-electron chi connectivity index (χ4n) is 0. The Morgan fingerprint density at radius 2 is 0.100 bits per heavy atom. The molecule has 0 fully saturated rings. The van der Waals surface area contributed by atoms with E-state index in [9.17, 15) is 0 Å². The van der Waals surface area contributed by atoms with Crippen molar-refractivity contribution in [1.29, 1.82) is 0 Å². The lowest BCUT2D eigenvalue weighted by atomic mass is 12.0. The van der Waals surface area contributed by atoms with Crippen LogP contribution in [0.3, 0.4) is 0 Å². The van der Waals surface area contributed by atoms with Gasteiger partial charge in [-0.3, -0.25) is 0 Å². The summed E-state index contributed by atoms with van der Waals surface area (Å²) in [5.74, 6) is 0. The normalized spacial score (nSPS) is 0. The highest BCUT2D eigenvalue weighted by Crippen LogP contribution is 0.0903. The molecule has 0 unspecified atom stereocenters. The molecule has 0 aromatic carbocycles. The average molecular weight is 949 g/mol. The van der Waals surface area contributed by atoms with E-state index >= 15 is 0 Å². The van der Waals surface area contributed by atoms with Crippen molar-refractivity contribution in [3.8, 4) is 0 Å². The Kier molecular flexibility index (Phi) is 41200. The Morgan fingerprint density at radius 1 is 0.100 bits per heavy atom. The zero-order valence-electron chi connectivity index (χ0n) is 13.8. The van der Waals surface area contributed by atoms with E-state index in [1.807, 2.05) is 0 Å². The molecule has 0 aliphatic rings. The van der Waals surface area contributed by atoms with Crippen molar-refractivity contribution < 1.29 is 170 Å². The van der Waals surface area contributed by atoms with Gasteiger partial charge in [-0.05, 0) is 0 Å². The summed E-state index contributed by atoms with van der Waals surface area (Å²) in [7, 11) is 0. The van der Waals surface area contributed by atoms with E-state index in [1.54, 1.807) is 0 Å². The number of hydrogen-bond acceptors (Lipinski definition) is 0. The maximum absolute atomic E-state index is 0. The molecule has 20 heavy (non-hydrogen) atoms. The van der Waals surface area contributed by atoms with Crippen molar-refractivity contribution >= 4 is 0 Å². The molecular weight excluding hydrogens is 919 g/mol. The summed E-state index contributed by atoms with van der Waals surface area (Å²) >= 11 is 0. The van der Waals surface area contributed by atoms with E-state index in [0.29, 0.717) is 0 Å². The van der Waals surface area contributed by atoms with E-state index in [-0.39, 0.29) is 244 Å². The molecule has 0 saturated carbocycles. The SMILES string of the molecule is [Br-].[Br-].[Br-].[Br-].[Br-].[Br-].[Br-].[Br-].[Br-].[Br-].[CH3+].[CH3+].[CH3+].[CH3+].[CH3+].[CH3+].[CH3+].[CH3+].[CH3+].[CH3+]. The highest BCUT2D eigenvalue weighted by Gasteiger charge is 0.0558. The molecule has 0 bridgehead atoms. The lowest BCUT2D eigenvalue weighted by Crippen LogP contribution is -3.00. The molecule has 0 aromatic heterocycles. The van der Waals surface area contributed by atoms with Crippen LogP contribution < -0.4 is 170 Å². The molecule has 0 aliphatic carbocycles. The van der Waals surface area contributed by atoms with Crippen molar-refractivity contribution in [2.24, 2.45) is 0 Å². The minimum atomic E-state index is 0. The third-order valence-corrected chi connectivity index (χ3v) is 0. The van der Waals surface area contributed by atoms with Crippen molar-refractivity contribution in [3.63, 3.8) is 0 Å². The summed E-state index contributed by atoms with van der Waals surface area (Å²) in [6.45, 7) is 0. The lowest BCUT2D eigenvalue weighted by Gasteiger charge is -1.00. The first-order valence-electron chi connectivity index (χ1n) is 0. The van der Waals surface area contributed by atoms with Gasteiger partial charge in [-0.2, -0.15) is 0 Å². The average Bonchev–Trinajstić information content (AvgIpc) is 0. The Morgan fingerprint density at radius 3 is 0.100 bits per heavy atom. The fourth-order valence-corrected chi connectivity index (χ4v) is 0. The molecule has 0 radical (unpaired) electrons. The molecule has 10 heteroatoms. The second-order valence-electron chi connectivity index (χ2n) is 0. The molecule has 0 saturated heterocycles. The summed E-state index contributed by atoms with van der Waals surface area (Å²) in [6, 6.07) is 0. The van der Waals surface area contributed by atoms with E-state index in [2.05, 4.69) is 0 Å². The summed E-state index contributed by atoms with van der Waals surface area (Å²) < 4.78 is 0. The van der Waals surface area contributed by atoms with Crippen LogP contribution in [0.1, 0.15) is 0 Å². The summed E-state index contributed by atoms with van der Waals surface area (Å²) in [4.78, 5) is 0. The van der Waals surface area contributed by atoms with E-state index in [1.165, 1.54) is 0 Å². The number of hydrogen-bond donors (Lipinski definition) is 0. The highest BCUT2D eigenvalue weighted by molar-refractivity contribution is 3.25. The summed E-state index contributed by atoms with van der Waals surface area (Å²) in [5.41, 5.74) is 0. The van der Waals surface area contributed by atoms with Crippen LogP contribution in [-0.2, 0) is 0 Å². The second-order valence-corrected chi connectivity index (χ2v) is 0. The van der Waals surface area contributed by atoms with Crippen molar-refractivity contribution in [3.05, 3.63) is 74.3 Å². The first kappa shape index (κ1) is 971. The van der Waals surface area contributed by atoms with Crippen LogP contribution >= 0.6 is 0 Å². The molecule has 0 heterocycles. The zero-order chi connectivity index (χ0) is 0. The zero-order valence-corrected chi connectivity index (χ0v) is 29.6. The molecule has 0 aromatic rings. The van der Waals surface area contributed by atoms with Gasteiger partial charge >= 0.3 is 0 Å². The Labute approximate surface area is 240 Å². The van der Waals surface area contributed by atoms with Gasteiger partial charge in [-0.25, -0.2) is 0 Å². The Balaban J connectivity index is 0. The lowest BCUT2D eigenvalue weighted by molar-refractivity contribution is -0.00100. The standard InChI is InChI=1S/10CH3.10BrH/h10*1H3;10*1H/q10*+1;;;;;;;;;;/p-10. The minimum absolute atomic E-state index is 0. The van der Waals surface area contributed by atoms with Gasteiger partial charge in [0.15, 0.2) is 0 Å². The first-order chi connectivity index (χ1) is 0. The van der Waals surface area contributed by atoms with Crippen LogP contribution in [0.15, 0.2) is 0 Å². The Hall–Kier alpha value is 3.50. The van der Waals surface area contributed by atoms with Gasteiger partial charge in [0.05, 0.1) is 0 Å². The van der Waals surface area contributed by atoms with Gasteiger partial charge < -0.3 is 170 Å². The topological polar surface area (TPSA) is 0 Å². The third-order valence-electron chi connectivity index (χ3n) is 0. The molecule has 0 amide bonds. The van der Waals surface area contributed by atoms with Crippen LogP contribution in [0.2, 0.25) is 0 Å². The minimum Gasteiger partial charge on any atom is -1.00 e. The smallest absolute Gasteiger partial charge is 0.0467 e. The van der Waals surface area contributed by atoms with Gasteiger partial charge in [0.25, 0.3) is 0 Å². The molecule has 0 aliphatic heterocycles. The molecular formula is C10H30Br10. The molecule has 0 nitrogen and oxygen atoms in total. The predicted octanol–water partition coefficient (Wildman–Crippen LogP) is -25.5. The van der Waals surface area contributed by atoms with E-state index in [4.69, 9.17) is 0 Å². The van der Waals surface area contributed by atoms with Crippen molar-refractivity contribution in [2.45, 2.75) is 0 Å². The van der Waals surface area contributed by atoms with Crippen LogP contribution in [0.5, 0.6) is 0 Å². The fraction of sp³-hybridized carbons (Fsp3) is 0. The molecule has 0 rings (SSSR count). The van der Waals surface area contributed by atoms with Gasteiger partial charge in [-0.15, -0.1) is 0 Å². The molecule has 140 valence electrons. The predicted molar refractivity (Wildman–Crippen MR) is 64.1 cm³/mol. The molecule has 0 N–H and O–H groups in total. The van der Waals surface area contributed by atoms with Gasteiger partial charge in [0.2, 0.25) is 0 Å². The van der Waals surface area contributed by atoms with Gasteiger partial charge in [-0.1, -0.05) is 0 Å². The molecule has 0 atom stereocenters. The van der Waals surface area contributed by atoms with E-state index in [0.717, 1.165) is 0 Å². The summed E-state index contributed by atoms with van der Waals surface area (Å²) in [6.07, 6.45) is 0. The van der Waals surface area contributed by atoms with E-state index < -0.39 is 0 Å². The van der Waals surface area contributed by atoms with Gasteiger partial charge in [0.1, 0.15) is 0 Å².